The molecule has 1 aliphatic carbocycles. The van der Waals surface area contributed by atoms with Crippen molar-refractivity contribution < 1.29 is 23.7 Å². The Balaban J connectivity index is 0.000000176. The number of H-pyrrole nitrogens is 1. The van der Waals surface area contributed by atoms with Gasteiger partial charge in [0.15, 0.2) is 0 Å². The van der Waals surface area contributed by atoms with Gasteiger partial charge in [0.2, 0.25) is 0 Å². The molecule has 0 amide bonds. The molecule has 3 aliphatic rings. The first-order valence-electron chi connectivity index (χ1n) is 13.5. The number of hydrogen-bond donors (Lipinski definition) is 1. The lowest BCUT2D eigenvalue weighted by Crippen LogP contribution is -2.60. The zero-order chi connectivity index (χ0) is 27.0. The zero-order valence-corrected chi connectivity index (χ0v) is 22.3. The predicted molar refractivity (Wildman–Crippen MR) is 144 cm³/mol. The predicted octanol–water partition coefficient (Wildman–Crippen LogP) is 6.68. The molecule has 2 fully saturated rings. The van der Waals surface area contributed by atoms with E-state index in [9.17, 15) is 17.6 Å². The maximum Gasteiger partial charge on any atom is 0.129 e. The molecular formula is C30H39F4N3O. The molecule has 1 N–H and O–H groups in total. The second-order valence-electron chi connectivity index (χ2n) is 11.7. The van der Waals surface area contributed by atoms with Gasteiger partial charge in [0.25, 0.3) is 0 Å². The summed E-state index contributed by atoms with van der Waals surface area (Å²) in [4.78, 5) is 7.96. The number of aromatic amines is 1. The molecule has 2 aromatic carbocycles. The molecule has 1 aromatic heterocycles. The molecule has 0 bridgehead atoms. The van der Waals surface area contributed by atoms with Crippen molar-refractivity contribution in [3.63, 3.8) is 0 Å². The molecule has 1 saturated heterocycles. The number of nitrogens with zero attached hydrogens (tertiary/aromatic N) is 2. The fourth-order valence-corrected chi connectivity index (χ4v) is 5.86. The number of fused-ring (bicyclic) bond motifs is 3. The van der Waals surface area contributed by atoms with Crippen molar-refractivity contribution in [3.8, 4) is 5.75 Å². The van der Waals surface area contributed by atoms with Gasteiger partial charge in [-0.1, -0.05) is 18.2 Å². The van der Waals surface area contributed by atoms with Crippen LogP contribution in [0.5, 0.6) is 5.75 Å². The highest BCUT2D eigenvalue weighted by Gasteiger charge is 2.40. The topological polar surface area (TPSA) is 31.5 Å². The molecule has 208 valence electrons. The van der Waals surface area contributed by atoms with Crippen molar-refractivity contribution in [2.75, 3.05) is 26.3 Å². The van der Waals surface area contributed by atoms with Gasteiger partial charge in [0.05, 0.1) is 6.67 Å². The normalized spacial score (nSPS) is 24.2. The molecule has 0 unspecified atom stereocenters. The van der Waals surface area contributed by atoms with E-state index < -0.39 is 17.3 Å². The van der Waals surface area contributed by atoms with Crippen molar-refractivity contribution >= 4 is 10.9 Å². The summed E-state index contributed by atoms with van der Waals surface area (Å²) >= 11 is 0. The van der Waals surface area contributed by atoms with Gasteiger partial charge in [-0.25, -0.2) is 13.2 Å². The van der Waals surface area contributed by atoms with E-state index in [-0.39, 0.29) is 25.9 Å². The summed E-state index contributed by atoms with van der Waals surface area (Å²) in [6.45, 7) is 8.08. The molecule has 3 aromatic rings. The van der Waals surface area contributed by atoms with E-state index in [1.807, 2.05) is 0 Å². The second-order valence-corrected chi connectivity index (χ2v) is 11.7. The van der Waals surface area contributed by atoms with Crippen molar-refractivity contribution in [3.05, 3.63) is 65.4 Å². The van der Waals surface area contributed by atoms with Crippen LogP contribution in [0.4, 0.5) is 17.6 Å². The van der Waals surface area contributed by atoms with Crippen LogP contribution in [0.1, 0.15) is 46.3 Å². The first-order valence-corrected chi connectivity index (χ1v) is 13.5. The number of likely N-dealkylation sites (tertiary alicyclic amines) is 1. The molecule has 1 atom stereocenters. The summed E-state index contributed by atoms with van der Waals surface area (Å²) in [6, 6.07) is 12.5. The molecule has 2 aliphatic heterocycles. The summed E-state index contributed by atoms with van der Waals surface area (Å²) in [6.07, 6.45) is 2.80. The molecule has 8 heteroatoms. The molecule has 4 nitrogen and oxygen atoms in total. The molecule has 0 spiro atoms. The number of ether oxygens (including phenoxy) is 1. The van der Waals surface area contributed by atoms with E-state index >= 15 is 0 Å². The number of alkyl halides is 2. The highest BCUT2D eigenvalue weighted by atomic mass is 19.1. The number of para-hydroxylation sites is 1. The summed E-state index contributed by atoms with van der Waals surface area (Å²) in [5.41, 5.74) is 2.72. The van der Waals surface area contributed by atoms with E-state index in [2.05, 4.69) is 46.0 Å². The Labute approximate surface area is 223 Å². The van der Waals surface area contributed by atoms with Gasteiger partial charge in [0.1, 0.15) is 29.2 Å². The van der Waals surface area contributed by atoms with Gasteiger partial charge < -0.3 is 9.72 Å². The molecule has 3 heterocycles. The van der Waals surface area contributed by atoms with Gasteiger partial charge in [-0.15, -0.1) is 0 Å². The lowest BCUT2D eigenvalue weighted by atomic mass is 9.79. The highest BCUT2D eigenvalue weighted by molar-refractivity contribution is 5.84. The van der Waals surface area contributed by atoms with Crippen LogP contribution in [0.3, 0.4) is 0 Å². The first-order chi connectivity index (χ1) is 18.1. The fraction of sp³-hybridized carbons (Fsp3) is 0.533. The third-order valence-corrected chi connectivity index (χ3v) is 7.93. The Hall–Kier alpha value is -2.58. The van der Waals surface area contributed by atoms with E-state index in [1.165, 1.54) is 34.3 Å². The van der Waals surface area contributed by atoms with Crippen LogP contribution in [0, 0.1) is 17.6 Å². The minimum Gasteiger partial charge on any atom is -0.488 e. The quantitative estimate of drug-likeness (QED) is 0.359. The standard InChI is InChI=1S/C16H21FN2.C14H16F3NO.H2/c1-11-8-13-12-6-4-5-7-14(12)18-15(13)9-19(11)10-16(2,3)17;15-6-9-1-12(2-9)18-7-14(8-18)19-13-4-10(16)3-11(17)5-13;/h4-7,11,18H,8-10H2,1-3H3;3-5,9,12,14H,1-2,6-8H2;1H/t11-;;/m1../s1. The van der Waals surface area contributed by atoms with Crippen LogP contribution in [0.15, 0.2) is 42.5 Å². The number of benzene rings is 2. The maximum absolute atomic E-state index is 13.9. The Kier molecular flexibility index (Phi) is 7.74. The number of halogens is 4. The van der Waals surface area contributed by atoms with E-state index in [4.69, 9.17) is 4.74 Å². The van der Waals surface area contributed by atoms with E-state index in [0.717, 1.165) is 45.0 Å². The van der Waals surface area contributed by atoms with Crippen LogP contribution in [-0.4, -0.2) is 64.9 Å². The monoisotopic (exact) mass is 533 g/mol. The van der Waals surface area contributed by atoms with Crippen LogP contribution in [-0.2, 0) is 13.0 Å². The Morgan fingerprint density at radius 3 is 2.42 bits per heavy atom. The number of aromatic nitrogens is 1. The van der Waals surface area contributed by atoms with Gasteiger partial charge in [-0.2, -0.15) is 0 Å². The molecule has 1 saturated carbocycles. The minimum atomic E-state index is -1.14. The lowest BCUT2D eigenvalue weighted by molar-refractivity contribution is -0.0501. The van der Waals surface area contributed by atoms with Gasteiger partial charge >= 0.3 is 0 Å². The summed E-state index contributed by atoms with van der Waals surface area (Å²) in [5, 5.41) is 1.32. The summed E-state index contributed by atoms with van der Waals surface area (Å²) in [5.74, 6) is -0.799. The van der Waals surface area contributed by atoms with E-state index in [1.54, 1.807) is 13.8 Å². The van der Waals surface area contributed by atoms with Crippen LogP contribution < -0.4 is 4.74 Å². The second kappa shape index (κ2) is 10.9. The minimum absolute atomic E-state index is 0. The van der Waals surface area contributed by atoms with Crippen LogP contribution in [0.2, 0.25) is 0 Å². The number of rotatable bonds is 6. The third-order valence-electron chi connectivity index (χ3n) is 7.93. The number of hydrogen-bond acceptors (Lipinski definition) is 3. The fourth-order valence-electron chi connectivity index (χ4n) is 5.86. The first kappa shape index (κ1) is 27.0. The number of nitrogens with one attached hydrogen (secondary N) is 1. The molecular weight excluding hydrogens is 494 g/mol. The molecule has 38 heavy (non-hydrogen) atoms. The van der Waals surface area contributed by atoms with Crippen molar-refractivity contribution in [2.24, 2.45) is 5.92 Å². The smallest absolute Gasteiger partial charge is 0.129 e. The van der Waals surface area contributed by atoms with Crippen molar-refractivity contribution in [1.82, 2.24) is 14.8 Å². The van der Waals surface area contributed by atoms with Crippen LogP contribution in [0.25, 0.3) is 10.9 Å². The van der Waals surface area contributed by atoms with Gasteiger partial charge in [-0.3, -0.25) is 14.2 Å². The van der Waals surface area contributed by atoms with Crippen molar-refractivity contribution in [1.29, 1.82) is 0 Å². The highest BCUT2D eigenvalue weighted by Crippen LogP contribution is 2.35. The summed E-state index contributed by atoms with van der Waals surface area (Å²) in [7, 11) is 0. The molecule has 6 rings (SSSR count). The SMILES string of the molecule is C[C@@H]1Cc2c([nH]c3ccccc23)CN1CC(C)(C)F.FCC1CC(N2CC(Oc3cc(F)cc(F)c3)C2)C1.[HH]. The van der Waals surface area contributed by atoms with Gasteiger partial charge in [0, 0.05) is 74.5 Å². The van der Waals surface area contributed by atoms with Crippen molar-refractivity contribution in [2.45, 2.75) is 70.4 Å². The van der Waals surface area contributed by atoms with Crippen LogP contribution >= 0.6 is 0 Å². The summed E-state index contributed by atoms with van der Waals surface area (Å²) < 4.78 is 57.7. The Morgan fingerprint density at radius 2 is 1.76 bits per heavy atom. The largest absolute Gasteiger partial charge is 0.488 e. The lowest BCUT2D eigenvalue weighted by Gasteiger charge is -2.49. The average Bonchev–Trinajstić information content (AvgIpc) is 3.13. The van der Waals surface area contributed by atoms with E-state index in [0.29, 0.717) is 18.6 Å². The van der Waals surface area contributed by atoms with Gasteiger partial charge in [-0.05, 0) is 57.6 Å². The Morgan fingerprint density at radius 1 is 1.08 bits per heavy atom. The molecule has 0 radical (unpaired) electrons. The maximum atomic E-state index is 13.9. The Bertz CT molecular complexity index is 1230. The average molecular weight is 534 g/mol. The zero-order valence-electron chi connectivity index (χ0n) is 22.3. The third kappa shape index (κ3) is 6.18.